The molecular weight excluding hydrogens is 268 g/mol. The third kappa shape index (κ3) is 2.91. The van der Waals surface area contributed by atoms with Crippen molar-refractivity contribution in [1.82, 2.24) is 9.97 Å². The van der Waals surface area contributed by atoms with E-state index in [-0.39, 0.29) is 16.6 Å². The fourth-order valence-corrected chi connectivity index (χ4v) is 2.84. The summed E-state index contributed by atoms with van der Waals surface area (Å²) >= 11 is 0. The molecule has 6 nitrogen and oxygen atoms in total. The normalized spacial score (nSPS) is 16.5. The van der Waals surface area contributed by atoms with E-state index in [2.05, 4.69) is 9.97 Å². The standard InChI is InChI=1S/C12H16N2O4S/c1-18-11(15)9-7-13-12(19(2,16)17)14-10(9)8-5-3-4-6-8/h7-8H,3-6H2,1-2H3. The van der Waals surface area contributed by atoms with Crippen LogP contribution in [0.3, 0.4) is 0 Å². The fraction of sp³-hybridized carbons (Fsp3) is 0.583. The molecule has 0 aliphatic heterocycles. The van der Waals surface area contributed by atoms with Crippen LogP contribution in [0.2, 0.25) is 0 Å². The molecule has 1 aliphatic carbocycles. The minimum Gasteiger partial charge on any atom is -0.465 e. The number of sulfone groups is 1. The molecule has 0 amide bonds. The summed E-state index contributed by atoms with van der Waals surface area (Å²) in [5.74, 6) is -0.417. The molecule has 19 heavy (non-hydrogen) atoms. The van der Waals surface area contributed by atoms with E-state index in [1.807, 2.05) is 0 Å². The summed E-state index contributed by atoms with van der Waals surface area (Å²) in [6.45, 7) is 0. The molecule has 0 spiro atoms. The van der Waals surface area contributed by atoms with Gasteiger partial charge in [-0.15, -0.1) is 0 Å². The highest BCUT2D eigenvalue weighted by Gasteiger charge is 2.27. The van der Waals surface area contributed by atoms with Gasteiger partial charge in [0.05, 0.1) is 18.4 Å². The first-order chi connectivity index (χ1) is 8.93. The Kier molecular flexibility index (Phi) is 3.84. The van der Waals surface area contributed by atoms with Gasteiger partial charge >= 0.3 is 5.97 Å². The topological polar surface area (TPSA) is 86.2 Å². The Morgan fingerprint density at radius 1 is 1.37 bits per heavy atom. The zero-order valence-electron chi connectivity index (χ0n) is 10.9. The molecule has 0 N–H and O–H groups in total. The number of hydrogen-bond acceptors (Lipinski definition) is 6. The molecule has 1 saturated carbocycles. The lowest BCUT2D eigenvalue weighted by Crippen LogP contribution is -2.15. The largest absolute Gasteiger partial charge is 0.465 e. The maximum atomic E-state index is 11.7. The van der Waals surface area contributed by atoms with Crippen molar-refractivity contribution in [2.75, 3.05) is 13.4 Å². The van der Waals surface area contributed by atoms with Gasteiger partial charge in [0.2, 0.25) is 15.0 Å². The van der Waals surface area contributed by atoms with Crippen LogP contribution in [0.25, 0.3) is 0 Å². The quantitative estimate of drug-likeness (QED) is 0.614. The summed E-state index contributed by atoms with van der Waals surface area (Å²) in [6.07, 6.45) is 6.24. The minimum absolute atomic E-state index is 0.109. The highest BCUT2D eigenvalue weighted by Crippen LogP contribution is 2.35. The number of aromatic nitrogens is 2. The van der Waals surface area contributed by atoms with E-state index in [0.717, 1.165) is 31.9 Å². The molecule has 0 bridgehead atoms. The SMILES string of the molecule is COC(=O)c1cnc(S(C)(=O)=O)nc1C1CCCC1. The zero-order valence-corrected chi connectivity index (χ0v) is 11.7. The van der Waals surface area contributed by atoms with E-state index >= 15 is 0 Å². The molecule has 1 aromatic rings. The first-order valence-electron chi connectivity index (χ1n) is 6.09. The lowest BCUT2D eigenvalue weighted by Gasteiger charge is -2.13. The first-order valence-corrected chi connectivity index (χ1v) is 7.98. The summed E-state index contributed by atoms with van der Waals surface area (Å²) in [4.78, 5) is 19.5. The average Bonchev–Trinajstić information content (AvgIpc) is 2.89. The van der Waals surface area contributed by atoms with Crippen LogP contribution in [0.15, 0.2) is 11.4 Å². The minimum atomic E-state index is -3.48. The van der Waals surface area contributed by atoms with E-state index in [1.54, 1.807) is 0 Å². The second-order valence-corrected chi connectivity index (χ2v) is 6.61. The maximum Gasteiger partial charge on any atom is 0.341 e. The molecular formula is C12H16N2O4S. The van der Waals surface area contributed by atoms with Crippen molar-refractivity contribution in [3.63, 3.8) is 0 Å². The van der Waals surface area contributed by atoms with E-state index in [4.69, 9.17) is 4.74 Å². The molecule has 0 atom stereocenters. The summed E-state index contributed by atoms with van der Waals surface area (Å²) in [7, 11) is -2.20. The molecule has 0 aromatic carbocycles. The van der Waals surface area contributed by atoms with Crippen LogP contribution >= 0.6 is 0 Å². The Morgan fingerprint density at radius 2 is 2.00 bits per heavy atom. The third-order valence-corrected chi connectivity index (χ3v) is 4.13. The zero-order chi connectivity index (χ0) is 14.0. The molecule has 2 rings (SSSR count). The van der Waals surface area contributed by atoms with Gasteiger partial charge in [-0.05, 0) is 12.8 Å². The number of hydrogen-bond donors (Lipinski definition) is 0. The number of carbonyl (C=O) groups excluding carboxylic acids is 1. The van der Waals surface area contributed by atoms with Crippen molar-refractivity contribution in [3.05, 3.63) is 17.5 Å². The number of methoxy groups -OCH3 is 1. The molecule has 1 fully saturated rings. The molecule has 0 saturated heterocycles. The molecule has 0 radical (unpaired) electrons. The Hall–Kier alpha value is -1.50. The van der Waals surface area contributed by atoms with Gasteiger partial charge in [0.25, 0.3) is 0 Å². The van der Waals surface area contributed by atoms with Gasteiger partial charge in [-0.3, -0.25) is 0 Å². The third-order valence-electron chi connectivity index (χ3n) is 3.27. The smallest absolute Gasteiger partial charge is 0.341 e. The number of rotatable bonds is 3. The summed E-state index contributed by atoms with van der Waals surface area (Å²) in [5, 5.41) is -0.234. The molecule has 0 unspecified atom stereocenters. The molecule has 7 heteroatoms. The van der Waals surface area contributed by atoms with Gasteiger partial charge in [-0.2, -0.15) is 0 Å². The predicted octanol–water partition coefficient (Wildman–Crippen LogP) is 1.32. The summed E-state index contributed by atoms with van der Waals surface area (Å²) < 4.78 is 27.7. The number of carbonyl (C=O) groups is 1. The van der Waals surface area contributed by atoms with Crippen molar-refractivity contribution in [1.29, 1.82) is 0 Å². The van der Waals surface area contributed by atoms with Gasteiger partial charge in [-0.1, -0.05) is 12.8 Å². The van der Waals surface area contributed by atoms with Crippen molar-refractivity contribution in [2.24, 2.45) is 0 Å². The highest BCUT2D eigenvalue weighted by atomic mass is 32.2. The maximum absolute atomic E-state index is 11.7. The van der Waals surface area contributed by atoms with E-state index < -0.39 is 15.8 Å². The van der Waals surface area contributed by atoms with Gasteiger partial charge in [0, 0.05) is 18.4 Å². The lowest BCUT2D eigenvalue weighted by molar-refractivity contribution is 0.0597. The van der Waals surface area contributed by atoms with E-state index in [0.29, 0.717) is 5.69 Å². The Labute approximate surface area is 112 Å². The molecule has 104 valence electrons. The van der Waals surface area contributed by atoms with Gasteiger partial charge in [0.15, 0.2) is 0 Å². The monoisotopic (exact) mass is 284 g/mol. The predicted molar refractivity (Wildman–Crippen MR) is 67.7 cm³/mol. The van der Waals surface area contributed by atoms with Gasteiger partial charge in [-0.25, -0.2) is 23.2 Å². The number of esters is 1. The van der Waals surface area contributed by atoms with Crippen LogP contribution in [0.4, 0.5) is 0 Å². The average molecular weight is 284 g/mol. The highest BCUT2D eigenvalue weighted by molar-refractivity contribution is 7.90. The number of ether oxygens (including phenoxy) is 1. The van der Waals surface area contributed by atoms with Crippen molar-refractivity contribution < 1.29 is 17.9 Å². The summed E-state index contributed by atoms with van der Waals surface area (Å²) in [5.41, 5.74) is 0.765. The van der Waals surface area contributed by atoms with E-state index in [9.17, 15) is 13.2 Å². The summed E-state index contributed by atoms with van der Waals surface area (Å²) in [6, 6.07) is 0. The van der Waals surface area contributed by atoms with E-state index in [1.165, 1.54) is 13.3 Å². The molecule has 1 aromatic heterocycles. The van der Waals surface area contributed by atoms with Crippen LogP contribution in [-0.2, 0) is 14.6 Å². The van der Waals surface area contributed by atoms with Crippen LogP contribution in [0.1, 0.15) is 47.7 Å². The second-order valence-electron chi connectivity index (χ2n) is 4.70. The molecule has 1 heterocycles. The Bertz CT molecular complexity index is 592. The van der Waals surface area contributed by atoms with Crippen molar-refractivity contribution in [2.45, 2.75) is 36.8 Å². The van der Waals surface area contributed by atoms with Crippen LogP contribution in [0, 0.1) is 0 Å². The Morgan fingerprint density at radius 3 is 2.53 bits per heavy atom. The lowest BCUT2D eigenvalue weighted by atomic mass is 10.00. The van der Waals surface area contributed by atoms with Crippen molar-refractivity contribution in [3.8, 4) is 0 Å². The van der Waals surface area contributed by atoms with Crippen LogP contribution < -0.4 is 0 Å². The van der Waals surface area contributed by atoms with Gasteiger partial charge in [0.1, 0.15) is 0 Å². The van der Waals surface area contributed by atoms with Crippen LogP contribution in [0.5, 0.6) is 0 Å². The van der Waals surface area contributed by atoms with Crippen molar-refractivity contribution >= 4 is 15.8 Å². The molecule has 1 aliphatic rings. The van der Waals surface area contributed by atoms with Crippen LogP contribution in [-0.4, -0.2) is 37.7 Å². The fourth-order valence-electron chi connectivity index (χ4n) is 2.33. The van der Waals surface area contributed by atoms with Gasteiger partial charge < -0.3 is 4.74 Å². The second kappa shape index (κ2) is 5.24. The number of nitrogens with zero attached hydrogens (tertiary/aromatic N) is 2. The Balaban J connectivity index is 2.53. The first kappa shape index (κ1) is 13.9.